The van der Waals surface area contributed by atoms with E-state index < -0.39 is 0 Å². The molecule has 20 heavy (non-hydrogen) atoms. The zero-order chi connectivity index (χ0) is 14.5. The van der Waals surface area contributed by atoms with E-state index in [1.54, 1.807) is 24.3 Å². The molecule has 0 spiro atoms. The molecule has 1 aromatic carbocycles. The summed E-state index contributed by atoms with van der Waals surface area (Å²) in [4.78, 5) is 26.6. The number of amides is 1. The van der Waals surface area contributed by atoms with Crippen LogP contribution in [-0.4, -0.2) is 28.6 Å². The number of rotatable bonds is 5. The standard InChI is InChI=1S/C15H18N2O3/c1-10(5-4-8-18)16-15(20)13-9-11-6-2-3-7-12(11)14(19)17-13/h2-3,6-7,9-10,18H,4-5,8H2,1H3,(H,16,20)(H,17,19). The Kier molecular flexibility index (Phi) is 4.53. The number of aliphatic hydroxyl groups excluding tert-OH is 1. The lowest BCUT2D eigenvalue weighted by molar-refractivity contribution is 0.0931. The third-order valence-electron chi connectivity index (χ3n) is 3.17. The summed E-state index contributed by atoms with van der Waals surface area (Å²) in [5.74, 6) is -0.307. The number of H-pyrrole nitrogens is 1. The molecular weight excluding hydrogens is 256 g/mol. The van der Waals surface area contributed by atoms with E-state index in [1.807, 2.05) is 13.0 Å². The van der Waals surface area contributed by atoms with E-state index in [0.29, 0.717) is 18.2 Å². The largest absolute Gasteiger partial charge is 0.396 e. The Hall–Kier alpha value is -2.14. The molecule has 1 amide bonds. The second kappa shape index (κ2) is 6.34. The SMILES string of the molecule is CC(CCCO)NC(=O)c1cc2ccccc2c(=O)[nH]1. The van der Waals surface area contributed by atoms with E-state index in [0.717, 1.165) is 5.39 Å². The molecule has 1 heterocycles. The lowest BCUT2D eigenvalue weighted by Gasteiger charge is -2.13. The van der Waals surface area contributed by atoms with Crippen molar-refractivity contribution < 1.29 is 9.90 Å². The van der Waals surface area contributed by atoms with E-state index in [9.17, 15) is 9.59 Å². The Morgan fingerprint density at radius 1 is 1.40 bits per heavy atom. The van der Waals surface area contributed by atoms with E-state index in [1.165, 1.54) is 0 Å². The zero-order valence-corrected chi connectivity index (χ0v) is 11.3. The van der Waals surface area contributed by atoms with Crippen LogP contribution in [0.1, 0.15) is 30.3 Å². The molecule has 1 atom stereocenters. The summed E-state index contributed by atoms with van der Waals surface area (Å²) >= 11 is 0. The number of aromatic nitrogens is 1. The van der Waals surface area contributed by atoms with Crippen LogP contribution in [0.4, 0.5) is 0 Å². The van der Waals surface area contributed by atoms with Crippen LogP contribution in [0, 0.1) is 0 Å². The number of carbonyl (C=O) groups excluding carboxylic acids is 1. The van der Waals surface area contributed by atoms with Crippen molar-refractivity contribution >= 4 is 16.7 Å². The van der Waals surface area contributed by atoms with Crippen molar-refractivity contribution in [2.75, 3.05) is 6.61 Å². The number of nitrogens with one attached hydrogen (secondary N) is 2. The molecule has 1 unspecified atom stereocenters. The van der Waals surface area contributed by atoms with Gasteiger partial charge in [-0.2, -0.15) is 0 Å². The van der Waals surface area contributed by atoms with Crippen LogP contribution < -0.4 is 10.9 Å². The maximum absolute atomic E-state index is 12.1. The summed E-state index contributed by atoms with van der Waals surface area (Å²) in [5.41, 5.74) is -0.0131. The molecule has 0 aliphatic rings. The Morgan fingerprint density at radius 2 is 2.15 bits per heavy atom. The molecule has 0 radical (unpaired) electrons. The normalized spacial score (nSPS) is 12.3. The van der Waals surface area contributed by atoms with Gasteiger partial charge in [-0.1, -0.05) is 18.2 Å². The van der Waals surface area contributed by atoms with Crippen molar-refractivity contribution in [2.45, 2.75) is 25.8 Å². The van der Waals surface area contributed by atoms with Gasteiger partial charge in [-0.3, -0.25) is 9.59 Å². The molecule has 0 fully saturated rings. The van der Waals surface area contributed by atoms with Gasteiger partial charge in [-0.25, -0.2) is 0 Å². The Labute approximate surface area is 116 Å². The molecule has 0 bridgehead atoms. The minimum absolute atomic E-state index is 0.0513. The van der Waals surface area contributed by atoms with Gasteiger partial charge in [-0.05, 0) is 37.3 Å². The van der Waals surface area contributed by atoms with Crippen molar-refractivity contribution in [1.29, 1.82) is 0 Å². The molecule has 3 N–H and O–H groups in total. The fourth-order valence-electron chi connectivity index (χ4n) is 2.10. The van der Waals surface area contributed by atoms with Gasteiger partial charge in [0.2, 0.25) is 0 Å². The van der Waals surface area contributed by atoms with Gasteiger partial charge >= 0.3 is 0 Å². The lowest BCUT2D eigenvalue weighted by atomic mass is 10.1. The smallest absolute Gasteiger partial charge is 0.268 e. The van der Waals surface area contributed by atoms with Crippen LogP contribution in [0.15, 0.2) is 35.1 Å². The molecule has 0 aliphatic carbocycles. The summed E-state index contributed by atoms with van der Waals surface area (Å²) in [5, 5.41) is 12.9. The number of aliphatic hydroxyl groups is 1. The summed E-state index contributed by atoms with van der Waals surface area (Å²) < 4.78 is 0. The second-order valence-electron chi connectivity index (χ2n) is 4.84. The van der Waals surface area contributed by atoms with Crippen LogP contribution in [0.2, 0.25) is 0 Å². The molecule has 5 heteroatoms. The highest BCUT2D eigenvalue weighted by atomic mass is 16.3. The maximum Gasteiger partial charge on any atom is 0.268 e. The summed E-state index contributed by atoms with van der Waals surface area (Å²) in [6.07, 6.45) is 1.33. The number of fused-ring (bicyclic) bond motifs is 1. The number of hydrogen-bond acceptors (Lipinski definition) is 3. The monoisotopic (exact) mass is 274 g/mol. The first-order valence-electron chi connectivity index (χ1n) is 6.65. The summed E-state index contributed by atoms with van der Waals surface area (Å²) in [6.45, 7) is 1.97. The molecular formula is C15H18N2O3. The number of pyridine rings is 1. The van der Waals surface area contributed by atoms with E-state index in [2.05, 4.69) is 10.3 Å². The van der Waals surface area contributed by atoms with Gasteiger partial charge in [-0.15, -0.1) is 0 Å². The van der Waals surface area contributed by atoms with Gasteiger partial charge in [0.05, 0.1) is 0 Å². The first-order chi connectivity index (χ1) is 9.61. The Morgan fingerprint density at radius 3 is 2.90 bits per heavy atom. The average Bonchev–Trinajstić information content (AvgIpc) is 2.45. The molecule has 5 nitrogen and oxygen atoms in total. The second-order valence-corrected chi connectivity index (χ2v) is 4.84. The predicted molar refractivity (Wildman–Crippen MR) is 77.8 cm³/mol. The van der Waals surface area contributed by atoms with Crippen molar-refractivity contribution in [3.05, 3.63) is 46.4 Å². The molecule has 0 saturated heterocycles. The quantitative estimate of drug-likeness (QED) is 0.771. The first kappa shape index (κ1) is 14.3. The van der Waals surface area contributed by atoms with Gasteiger partial charge in [0.1, 0.15) is 5.69 Å². The summed E-state index contributed by atoms with van der Waals surface area (Å²) in [7, 11) is 0. The summed E-state index contributed by atoms with van der Waals surface area (Å²) in [6, 6.07) is 8.76. The number of hydrogen-bond donors (Lipinski definition) is 3. The minimum atomic E-state index is -0.307. The van der Waals surface area contributed by atoms with E-state index >= 15 is 0 Å². The molecule has 1 aromatic heterocycles. The molecule has 0 aliphatic heterocycles. The van der Waals surface area contributed by atoms with Gasteiger partial charge in [0.15, 0.2) is 0 Å². The van der Waals surface area contributed by atoms with Crippen molar-refractivity contribution in [1.82, 2.24) is 10.3 Å². The molecule has 106 valence electrons. The van der Waals surface area contributed by atoms with Gasteiger partial charge < -0.3 is 15.4 Å². The highest BCUT2D eigenvalue weighted by molar-refractivity contribution is 5.96. The number of benzene rings is 1. The van der Waals surface area contributed by atoms with Crippen molar-refractivity contribution in [3.63, 3.8) is 0 Å². The van der Waals surface area contributed by atoms with Gasteiger partial charge in [0.25, 0.3) is 11.5 Å². The molecule has 2 rings (SSSR count). The van der Waals surface area contributed by atoms with Crippen molar-refractivity contribution in [3.8, 4) is 0 Å². The fraction of sp³-hybridized carbons (Fsp3) is 0.333. The van der Waals surface area contributed by atoms with Crippen LogP contribution in [0.3, 0.4) is 0 Å². The average molecular weight is 274 g/mol. The van der Waals surface area contributed by atoms with E-state index in [-0.39, 0.29) is 29.8 Å². The molecule has 2 aromatic rings. The zero-order valence-electron chi connectivity index (χ0n) is 11.3. The number of aromatic amines is 1. The third-order valence-corrected chi connectivity index (χ3v) is 3.17. The molecule has 0 saturated carbocycles. The van der Waals surface area contributed by atoms with Crippen LogP contribution in [0.5, 0.6) is 0 Å². The maximum atomic E-state index is 12.1. The van der Waals surface area contributed by atoms with Crippen molar-refractivity contribution in [2.24, 2.45) is 0 Å². The number of carbonyl (C=O) groups is 1. The first-order valence-corrected chi connectivity index (χ1v) is 6.65. The predicted octanol–water partition coefficient (Wildman–Crippen LogP) is 1.42. The third kappa shape index (κ3) is 3.24. The highest BCUT2D eigenvalue weighted by Crippen LogP contribution is 2.10. The Bertz CT molecular complexity index is 663. The van der Waals surface area contributed by atoms with Crippen LogP contribution in [-0.2, 0) is 0 Å². The Balaban J connectivity index is 2.20. The van der Waals surface area contributed by atoms with Crippen LogP contribution in [0.25, 0.3) is 10.8 Å². The van der Waals surface area contributed by atoms with Crippen LogP contribution >= 0.6 is 0 Å². The fourth-order valence-corrected chi connectivity index (χ4v) is 2.10. The highest BCUT2D eigenvalue weighted by Gasteiger charge is 2.12. The topological polar surface area (TPSA) is 82.2 Å². The minimum Gasteiger partial charge on any atom is -0.396 e. The lowest BCUT2D eigenvalue weighted by Crippen LogP contribution is -2.34. The van der Waals surface area contributed by atoms with Gasteiger partial charge in [0, 0.05) is 18.0 Å². The van der Waals surface area contributed by atoms with E-state index in [4.69, 9.17) is 5.11 Å².